The van der Waals surface area contributed by atoms with Crippen LogP contribution in [0.3, 0.4) is 0 Å². The predicted octanol–water partition coefficient (Wildman–Crippen LogP) is 2.98. The van der Waals surface area contributed by atoms with Crippen molar-refractivity contribution in [1.29, 1.82) is 0 Å². The average Bonchev–Trinajstić information content (AvgIpc) is 2.39. The van der Waals surface area contributed by atoms with Gasteiger partial charge in [-0.2, -0.15) is 0 Å². The van der Waals surface area contributed by atoms with Gasteiger partial charge < -0.3 is 5.32 Å². The molecule has 0 fully saturated rings. The summed E-state index contributed by atoms with van der Waals surface area (Å²) in [7, 11) is -1.20. The van der Waals surface area contributed by atoms with Gasteiger partial charge in [0, 0.05) is 12.2 Å². The summed E-state index contributed by atoms with van der Waals surface area (Å²) in [6, 6.07) is 6.85. The van der Waals surface area contributed by atoms with Crippen molar-refractivity contribution in [3.05, 3.63) is 23.8 Å². The monoisotopic (exact) mass is 219 g/mol. The van der Waals surface area contributed by atoms with Crippen LogP contribution >= 0.6 is 0 Å². The van der Waals surface area contributed by atoms with Gasteiger partial charge in [0.2, 0.25) is 0 Å². The van der Waals surface area contributed by atoms with E-state index in [1.165, 1.54) is 30.5 Å². The van der Waals surface area contributed by atoms with Crippen molar-refractivity contribution in [1.82, 2.24) is 0 Å². The van der Waals surface area contributed by atoms with Gasteiger partial charge in [-0.15, -0.1) is 0 Å². The molecule has 0 radical (unpaired) electrons. The highest BCUT2D eigenvalue weighted by Crippen LogP contribution is 2.22. The second kappa shape index (κ2) is 4.01. The molecule has 82 valence electrons. The van der Waals surface area contributed by atoms with E-state index in [0.717, 1.165) is 6.54 Å². The molecular formula is C13H21NSi. The van der Waals surface area contributed by atoms with Crippen LogP contribution in [-0.2, 0) is 6.42 Å². The number of hydrogen-bond donors (Lipinski definition) is 1. The quantitative estimate of drug-likeness (QED) is 0.716. The number of nitrogens with one attached hydrogen (secondary N) is 1. The number of benzene rings is 1. The Balaban J connectivity index is 2.48. The molecule has 1 aliphatic rings. The smallest absolute Gasteiger partial charge is 0.0803 e. The minimum Gasteiger partial charge on any atom is -0.385 e. The van der Waals surface area contributed by atoms with E-state index in [0.29, 0.717) is 0 Å². The van der Waals surface area contributed by atoms with Gasteiger partial charge >= 0.3 is 0 Å². The van der Waals surface area contributed by atoms with Crippen LogP contribution < -0.4 is 10.5 Å². The molecule has 2 heteroatoms. The topological polar surface area (TPSA) is 12.0 Å². The van der Waals surface area contributed by atoms with Crippen LogP contribution in [0.1, 0.15) is 18.4 Å². The van der Waals surface area contributed by atoms with Crippen molar-refractivity contribution in [2.75, 3.05) is 11.9 Å². The first-order valence-corrected chi connectivity index (χ1v) is 9.45. The molecule has 0 unspecified atom stereocenters. The number of anilines is 1. The van der Waals surface area contributed by atoms with E-state index in [1.54, 1.807) is 5.19 Å². The van der Waals surface area contributed by atoms with Gasteiger partial charge in [0.25, 0.3) is 0 Å². The van der Waals surface area contributed by atoms with Crippen molar-refractivity contribution in [2.24, 2.45) is 0 Å². The van der Waals surface area contributed by atoms with Crippen LogP contribution in [0, 0.1) is 0 Å². The molecule has 1 nitrogen and oxygen atoms in total. The summed E-state index contributed by atoms with van der Waals surface area (Å²) >= 11 is 0. The fraction of sp³-hybridized carbons (Fsp3) is 0.538. The van der Waals surface area contributed by atoms with E-state index in [4.69, 9.17) is 0 Å². The minimum absolute atomic E-state index is 1.15. The molecule has 0 aliphatic carbocycles. The van der Waals surface area contributed by atoms with Gasteiger partial charge in [-0.3, -0.25) is 0 Å². The van der Waals surface area contributed by atoms with E-state index >= 15 is 0 Å². The molecule has 0 bridgehead atoms. The lowest BCUT2D eigenvalue weighted by Gasteiger charge is -2.23. The fourth-order valence-corrected chi connectivity index (χ4v) is 3.89. The summed E-state index contributed by atoms with van der Waals surface area (Å²) in [6.07, 6.45) is 3.88. The third kappa shape index (κ3) is 2.25. The van der Waals surface area contributed by atoms with Crippen molar-refractivity contribution in [2.45, 2.75) is 38.9 Å². The van der Waals surface area contributed by atoms with Crippen LogP contribution in [0.5, 0.6) is 0 Å². The summed E-state index contributed by atoms with van der Waals surface area (Å²) in [5, 5.41) is 5.23. The minimum atomic E-state index is -1.20. The van der Waals surface area contributed by atoms with Crippen molar-refractivity contribution in [3.63, 3.8) is 0 Å². The lowest BCUT2D eigenvalue weighted by atomic mass is 10.1. The van der Waals surface area contributed by atoms with Crippen LogP contribution in [0.4, 0.5) is 5.69 Å². The van der Waals surface area contributed by atoms with Crippen molar-refractivity contribution < 1.29 is 0 Å². The van der Waals surface area contributed by atoms with E-state index in [2.05, 4.69) is 43.2 Å². The second-order valence-corrected chi connectivity index (χ2v) is 10.5. The normalized spacial score (nSPS) is 16.5. The van der Waals surface area contributed by atoms with Crippen LogP contribution in [0.2, 0.25) is 19.6 Å². The second-order valence-electron chi connectivity index (χ2n) is 5.47. The number of rotatable bonds is 1. The summed E-state index contributed by atoms with van der Waals surface area (Å²) in [5.41, 5.74) is 3.00. The Morgan fingerprint density at radius 2 is 1.93 bits per heavy atom. The molecule has 0 amide bonds. The van der Waals surface area contributed by atoms with Crippen LogP contribution in [0.15, 0.2) is 18.2 Å². The lowest BCUT2D eigenvalue weighted by Crippen LogP contribution is -2.39. The van der Waals surface area contributed by atoms with Gasteiger partial charge in [-0.05, 0) is 30.0 Å². The molecule has 1 N–H and O–H groups in total. The molecule has 0 atom stereocenters. The first kappa shape index (κ1) is 10.7. The maximum atomic E-state index is 3.63. The fourth-order valence-electron chi connectivity index (χ4n) is 2.30. The van der Waals surface area contributed by atoms with Crippen molar-refractivity contribution >= 4 is 18.9 Å². The maximum Gasteiger partial charge on any atom is 0.0803 e. The molecule has 0 aromatic heterocycles. The van der Waals surface area contributed by atoms with Gasteiger partial charge in [0.05, 0.1) is 8.07 Å². The first-order valence-electron chi connectivity index (χ1n) is 5.95. The summed E-state index contributed by atoms with van der Waals surface area (Å²) < 4.78 is 0. The molecule has 1 aliphatic heterocycles. The average molecular weight is 219 g/mol. The zero-order valence-corrected chi connectivity index (χ0v) is 11.1. The molecule has 0 spiro atoms. The lowest BCUT2D eigenvalue weighted by molar-refractivity contribution is 0.785. The Hall–Kier alpha value is -0.763. The first-order chi connectivity index (χ1) is 7.09. The third-order valence-corrected chi connectivity index (χ3v) is 5.17. The number of aryl methyl sites for hydroxylation is 1. The van der Waals surface area contributed by atoms with Gasteiger partial charge in [-0.1, -0.05) is 37.8 Å². The van der Waals surface area contributed by atoms with Crippen molar-refractivity contribution in [3.8, 4) is 0 Å². The summed E-state index contributed by atoms with van der Waals surface area (Å²) in [6.45, 7) is 8.42. The number of para-hydroxylation sites is 1. The molecule has 1 heterocycles. The SMILES string of the molecule is C[Si](C)(C)c1cccc2c1NCCCC2. The van der Waals surface area contributed by atoms with E-state index < -0.39 is 8.07 Å². The standard InChI is InChI=1S/C13H21NSi/c1-15(2,3)12-9-6-8-11-7-4-5-10-14-13(11)12/h6,8-9,14H,4-5,7,10H2,1-3H3. The molecule has 1 aromatic rings. The number of hydrogen-bond acceptors (Lipinski definition) is 1. The Kier molecular flexibility index (Phi) is 2.87. The highest BCUT2D eigenvalue weighted by atomic mass is 28.3. The third-order valence-electron chi connectivity index (χ3n) is 3.13. The highest BCUT2D eigenvalue weighted by molar-refractivity contribution is 6.89. The maximum absolute atomic E-state index is 3.63. The Bertz CT molecular complexity index is 352. The largest absolute Gasteiger partial charge is 0.385 e. The van der Waals surface area contributed by atoms with Gasteiger partial charge in [0.15, 0.2) is 0 Å². The Morgan fingerprint density at radius 1 is 1.13 bits per heavy atom. The Labute approximate surface area is 93.9 Å². The number of fused-ring (bicyclic) bond motifs is 1. The van der Waals surface area contributed by atoms with E-state index in [-0.39, 0.29) is 0 Å². The van der Waals surface area contributed by atoms with Gasteiger partial charge in [0.1, 0.15) is 0 Å². The molecular weight excluding hydrogens is 198 g/mol. The highest BCUT2D eigenvalue weighted by Gasteiger charge is 2.22. The predicted molar refractivity (Wildman–Crippen MR) is 70.8 cm³/mol. The summed E-state index contributed by atoms with van der Waals surface area (Å²) in [5.74, 6) is 0. The Morgan fingerprint density at radius 3 is 2.67 bits per heavy atom. The molecule has 0 saturated heterocycles. The zero-order valence-electron chi connectivity index (χ0n) is 10.1. The van der Waals surface area contributed by atoms with Crippen LogP contribution in [-0.4, -0.2) is 14.6 Å². The molecule has 1 aromatic carbocycles. The molecule has 0 saturated carbocycles. The van der Waals surface area contributed by atoms with Crippen LogP contribution in [0.25, 0.3) is 0 Å². The zero-order chi connectivity index (χ0) is 10.9. The van der Waals surface area contributed by atoms with E-state index in [1.807, 2.05) is 0 Å². The molecule has 15 heavy (non-hydrogen) atoms. The van der Waals surface area contributed by atoms with Gasteiger partial charge in [-0.25, -0.2) is 0 Å². The molecule has 2 rings (SSSR count). The van der Waals surface area contributed by atoms with E-state index in [9.17, 15) is 0 Å². The summed E-state index contributed by atoms with van der Waals surface area (Å²) in [4.78, 5) is 0.